The lowest BCUT2D eigenvalue weighted by molar-refractivity contribution is -0.166. The molecule has 0 spiro atoms. The van der Waals surface area contributed by atoms with E-state index in [1.165, 1.54) is 13.0 Å². The molecule has 2 N–H and O–H groups in total. The van der Waals surface area contributed by atoms with Crippen LogP contribution in [0.5, 0.6) is 0 Å². The maximum Gasteiger partial charge on any atom is 0.407 e. The number of carbonyl (C=O) groups excluding carboxylic acids is 2. The SMILES string of the molecule is C=CCOC(=O)NC(C)C(O)C(=O)OC(C)(C)C. The minimum absolute atomic E-state index is 0.0566. The van der Waals surface area contributed by atoms with Crippen LogP contribution in [0.15, 0.2) is 12.7 Å². The Balaban J connectivity index is 4.24. The number of hydrogen-bond donors (Lipinski definition) is 2. The minimum atomic E-state index is -1.44. The van der Waals surface area contributed by atoms with E-state index < -0.39 is 29.8 Å². The van der Waals surface area contributed by atoms with Crippen molar-refractivity contribution in [3.8, 4) is 0 Å². The molecule has 104 valence electrons. The number of rotatable bonds is 5. The number of ether oxygens (including phenoxy) is 2. The lowest BCUT2D eigenvalue weighted by Gasteiger charge is -2.24. The van der Waals surface area contributed by atoms with Gasteiger partial charge in [0.2, 0.25) is 0 Å². The summed E-state index contributed by atoms with van der Waals surface area (Å²) in [4.78, 5) is 22.7. The topological polar surface area (TPSA) is 84.9 Å². The average molecular weight is 259 g/mol. The quantitative estimate of drug-likeness (QED) is 0.568. The molecule has 0 aromatic rings. The first-order chi connectivity index (χ1) is 8.17. The highest BCUT2D eigenvalue weighted by Gasteiger charge is 2.28. The first kappa shape index (κ1) is 16.4. The van der Waals surface area contributed by atoms with E-state index >= 15 is 0 Å². The van der Waals surface area contributed by atoms with Gasteiger partial charge in [0.15, 0.2) is 6.10 Å². The normalized spacial score (nSPS) is 14.3. The Morgan fingerprint density at radius 2 is 2.00 bits per heavy atom. The fourth-order valence-electron chi connectivity index (χ4n) is 1.01. The second kappa shape index (κ2) is 7.00. The molecule has 18 heavy (non-hydrogen) atoms. The third-order valence-corrected chi connectivity index (χ3v) is 1.80. The third-order valence-electron chi connectivity index (χ3n) is 1.80. The van der Waals surface area contributed by atoms with Crippen LogP contribution < -0.4 is 5.32 Å². The monoisotopic (exact) mass is 259 g/mol. The lowest BCUT2D eigenvalue weighted by Crippen LogP contribution is -2.47. The van der Waals surface area contributed by atoms with Crippen LogP contribution in [0.2, 0.25) is 0 Å². The summed E-state index contributed by atoms with van der Waals surface area (Å²) in [6.45, 7) is 9.99. The molecule has 0 bridgehead atoms. The summed E-state index contributed by atoms with van der Waals surface area (Å²) in [5.74, 6) is -0.793. The summed E-state index contributed by atoms with van der Waals surface area (Å²) >= 11 is 0. The zero-order valence-corrected chi connectivity index (χ0v) is 11.2. The van der Waals surface area contributed by atoms with Crippen LogP contribution in [0, 0.1) is 0 Å². The van der Waals surface area contributed by atoms with Gasteiger partial charge in [-0.15, -0.1) is 0 Å². The van der Waals surface area contributed by atoms with Crippen molar-refractivity contribution in [3.05, 3.63) is 12.7 Å². The van der Waals surface area contributed by atoms with Gasteiger partial charge in [0.05, 0.1) is 6.04 Å². The molecule has 0 aliphatic heterocycles. The zero-order chi connectivity index (χ0) is 14.3. The minimum Gasteiger partial charge on any atom is -0.458 e. The summed E-state index contributed by atoms with van der Waals surface area (Å²) in [5.41, 5.74) is -0.693. The van der Waals surface area contributed by atoms with E-state index in [2.05, 4.69) is 16.6 Å². The standard InChI is InChI=1S/C12H21NO5/c1-6-7-17-11(16)13-8(2)9(14)10(15)18-12(3,4)5/h6,8-9,14H,1,7H2,2-5H3,(H,13,16). The number of esters is 1. The fraction of sp³-hybridized carbons (Fsp3) is 0.667. The molecular formula is C12H21NO5. The summed E-state index contributed by atoms with van der Waals surface area (Å²) in [7, 11) is 0. The highest BCUT2D eigenvalue weighted by molar-refractivity contribution is 5.77. The van der Waals surface area contributed by atoms with Gasteiger partial charge < -0.3 is 19.9 Å². The van der Waals surface area contributed by atoms with Gasteiger partial charge in [-0.1, -0.05) is 12.7 Å². The lowest BCUT2D eigenvalue weighted by atomic mass is 10.1. The number of amides is 1. The number of alkyl carbamates (subject to hydrolysis) is 1. The Hall–Kier alpha value is -1.56. The second-order valence-electron chi connectivity index (χ2n) is 4.80. The van der Waals surface area contributed by atoms with Crippen LogP contribution in [0.25, 0.3) is 0 Å². The number of aliphatic hydroxyl groups is 1. The van der Waals surface area contributed by atoms with Crippen LogP contribution >= 0.6 is 0 Å². The molecule has 0 aromatic heterocycles. The Labute approximate surface area is 107 Å². The van der Waals surface area contributed by atoms with Crippen LogP contribution in [-0.4, -0.2) is 41.5 Å². The van der Waals surface area contributed by atoms with Crippen molar-refractivity contribution in [2.45, 2.75) is 45.4 Å². The van der Waals surface area contributed by atoms with E-state index in [0.29, 0.717) is 0 Å². The van der Waals surface area contributed by atoms with E-state index in [1.54, 1.807) is 20.8 Å². The Morgan fingerprint density at radius 1 is 1.44 bits per heavy atom. The first-order valence-corrected chi connectivity index (χ1v) is 5.62. The van der Waals surface area contributed by atoms with Crippen LogP contribution in [0.4, 0.5) is 4.79 Å². The summed E-state index contributed by atoms with van der Waals surface area (Å²) in [6.07, 6.45) is -0.764. The number of hydrogen-bond acceptors (Lipinski definition) is 5. The van der Waals surface area contributed by atoms with Crippen molar-refractivity contribution < 1.29 is 24.2 Å². The molecule has 0 rings (SSSR count). The average Bonchev–Trinajstić information content (AvgIpc) is 2.22. The van der Waals surface area contributed by atoms with Crippen LogP contribution in [-0.2, 0) is 14.3 Å². The Bertz CT molecular complexity index is 308. The molecule has 0 aliphatic carbocycles. The molecule has 0 saturated carbocycles. The predicted octanol–water partition coefficient (Wildman–Crippen LogP) is 0.990. The van der Waals surface area contributed by atoms with E-state index in [4.69, 9.17) is 4.74 Å². The van der Waals surface area contributed by atoms with Gasteiger partial charge in [-0.3, -0.25) is 0 Å². The van der Waals surface area contributed by atoms with Gasteiger partial charge in [-0.2, -0.15) is 0 Å². The maximum atomic E-state index is 11.5. The maximum absolute atomic E-state index is 11.5. The van der Waals surface area contributed by atoms with Gasteiger partial charge in [0.1, 0.15) is 12.2 Å². The van der Waals surface area contributed by atoms with E-state index in [1.807, 2.05) is 0 Å². The second-order valence-corrected chi connectivity index (χ2v) is 4.80. The molecule has 6 nitrogen and oxygen atoms in total. The van der Waals surface area contributed by atoms with Crippen LogP contribution in [0.3, 0.4) is 0 Å². The van der Waals surface area contributed by atoms with E-state index in [-0.39, 0.29) is 6.61 Å². The number of nitrogens with one attached hydrogen (secondary N) is 1. The zero-order valence-electron chi connectivity index (χ0n) is 11.2. The van der Waals surface area contributed by atoms with Gasteiger partial charge >= 0.3 is 12.1 Å². The van der Waals surface area contributed by atoms with Crippen molar-refractivity contribution in [1.29, 1.82) is 0 Å². The predicted molar refractivity (Wildman–Crippen MR) is 66.0 cm³/mol. The molecule has 0 radical (unpaired) electrons. The van der Waals surface area contributed by atoms with Crippen LogP contribution in [0.1, 0.15) is 27.7 Å². The van der Waals surface area contributed by atoms with E-state index in [0.717, 1.165) is 0 Å². The smallest absolute Gasteiger partial charge is 0.407 e. The molecule has 2 unspecified atom stereocenters. The highest BCUT2D eigenvalue weighted by Crippen LogP contribution is 2.09. The number of carbonyl (C=O) groups is 2. The van der Waals surface area contributed by atoms with Gasteiger partial charge in [-0.05, 0) is 27.7 Å². The molecule has 6 heteroatoms. The molecule has 0 heterocycles. The van der Waals surface area contributed by atoms with Gasteiger partial charge in [-0.25, -0.2) is 9.59 Å². The van der Waals surface area contributed by atoms with Crippen molar-refractivity contribution in [1.82, 2.24) is 5.32 Å². The Kier molecular flexibility index (Phi) is 6.40. The fourth-order valence-corrected chi connectivity index (χ4v) is 1.01. The molecule has 1 amide bonds. The van der Waals surface area contributed by atoms with Crippen molar-refractivity contribution in [2.24, 2.45) is 0 Å². The third kappa shape index (κ3) is 6.90. The molecule has 0 aromatic carbocycles. The molecule has 0 aliphatic rings. The summed E-state index contributed by atoms with van der Waals surface area (Å²) < 4.78 is 9.65. The van der Waals surface area contributed by atoms with Crippen molar-refractivity contribution >= 4 is 12.1 Å². The molecular weight excluding hydrogens is 238 g/mol. The first-order valence-electron chi connectivity index (χ1n) is 5.62. The van der Waals surface area contributed by atoms with Gasteiger partial charge in [0.25, 0.3) is 0 Å². The van der Waals surface area contributed by atoms with Crippen molar-refractivity contribution in [3.63, 3.8) is 0 Å². The van der Waals surface area contributed by atoms with Crippen molar-refractivity contribution in [2.75, 3.05) is 6.61 Å². The van der Waals surface area contributed by atoms with E-state index in [9.17, 15) is 14.7 Å². The van der Waals surface area contributed by atoms with Gasteiger partial charge in [0, 0.05) is 0 Å². The highest BCUT2D eigenvalue weighted by atomic mass is 16.6. The summed E-state index contributed by atoms with van der Waals surface area (Å²) in [6, 6.07) is -0.808. The number of aliphatic hydroxyl groups excluding tert-OH is 1. The summed E-state index contributed by atoms with van der Waals surface area (Å²) in [5, 5.41) is 12.0. The largest absolute Gasteiger partial charge is 0.458 e. The molecule has 0 saturated heterocycles. The molecule has 0 fully saturated rings. The Morgan fingerprint density at radius 3 is 2.44 bits per heavy atom. The molecule has 2 atom stereocenters.